The van der Waals surface area contributed by atoms with Crippen LogP contribution in [-0.2, 0) is 6.54 Å². The summed E-state index contributed by atoms with van der Waals surface area (Å²) in [6.07, 6.45) is 0. The van der Waals surface area contributed by atoms with Crippen molar-refractivity contribution in [3.63, 3.8) is 0 Å². The topological polar surface area (TPSA) is 38.5 Å². The van der Waals surface area contributed by atoms with Crippen LogP contribution in [0.5, 0.6) is 5.75 Å². The molecule has 0 saturated heterocycles. The summed E-state index contributed by atoms with van der Waals surface area (Å²) in [5, 5.41) is 0.667. The molecule has 3 nitrogen and oxygen atoms in total. The van der Waals surface area contributed by atoms with E-state index in [1.54, 1.807) is 0 Å². The maximum Gasteiger partial charge on any atom is 0.137 e. The van der Waals surface area contributed by atoms with E-state index < -0.39 is 0 Å². The third-order valence-corrected chi connectivity index (χ3v) is 2.55. The van der Waals surface area contributed by atoms with Gasteiger partial charge in [0.2, 0.25) is 0 Å². The molecule has 0 bridgehead atoms. The normalized spacial score (nSPS) is 10.8. The Bertz CT molecular complexity index is 331. The summed E-state index contributed by atoms with van der Waals surface area (Å²) < 4.78 is 5.38. The van der Waals surface area contributed by atoms with Crippen molar-refractivity contribution in [2.45, 2.75) is 13.5 Å². The van der Waals surface area contributed by atoms with Crippen LogP contribution in [0.4, 0.5) is 0 Å². The minimum Gasteiger partial charge on any atom is -0.492 e. The summed E-state index contributed by atoms with van der Waals surface area (Å²) in [7, 11) is 2.04. The number of hydrogen-bond acceptors (Lipinski definition) is 3. The van der Waals surface area contributed by atoms with E-state index in [-0.39, 0.29) is 0 Å². The standard InChI is InChI=1S/C12H19ClN2O/c1-3-16-12-5-4-10(8-11(12)13)9-15(2)7-6-14/h4-5,8H,3,6-7,9,14H2,1-2H3. The Kier molecular flexibility index (Phi) is 5.60. The molecule has 0 spiro atoms. The molecule has 0 aliphatic carbocycles. The fraction of sp³-hybridized carbons (Fsp3) is 0.500. The predicted octanol–water partition coefficient (Wildman–Crippen LogP) is 2.13. The van der Waals surface area contributed by atoms with Crippen molar-refractivity contribution in [3.8, 4) is 5.75 Å². The van der Waals surface area contributed by atoms with E-state index in [2.05, 4.69) is 4.90 Å². The number of benzene rings is 1. The third kappa shape index (κ3) is 4.00. The molecular weight excluding hydrogens is 224 g/mol. The average molecular weight is 243 g/mol. The van der Waals surface area contributed by atoms with Crippen molar-refractivity contribution in [1.29, 1.82) is 0 Å². The average Bonchev–Trinajstić information content (AvgIpc) is 2.22. The second-order valence-electron chi connectivity index (χ2n) is 3.72. The molecule has 0 aliphatic rings. The predicted molar refractivity (Wildman–Crippen MR) is 68.0 cm³/mol. The van der Waals surface area contributed by atoms with Crippen LogP contribution in [-0.4, -0.2) is 31.6 Å². The molecule has 90 valence electrons. The van der Waals surface area contributed by atoms with E-state index >= 15 is 0 Å². The lowest BCUT2D eigenvalue weighted by Crippen LogP contribution is -2.24. The first-order valence-electron chi connectivity index (χ1n) is 5.47. The summed E-state index contributed by atoms with van der Waals surface area (Å²) in [5.74, 6) is 0.745. The van der Waals surface area contributed by atoms with Crippen molar-refractivity contribution < 1.29 is 4.74 Å². The lowest BCUT2D eigenvalue weighted by Gasteiger charge is -2.16. The number of hydrogen-bond donors (Lipinski definition) is 1. The van der Waals surface area contributed by atoms with E-state index in [1.165, 1.54) is 5.56 Å². The lowest BCUT2D eigenvalue weighted by atomic mass is 10.2. The van der Waals surface area contributed by atoms with Crippen LogP contribution >= 0.6 is 11.6 Å². The third-order valence-electron chi connectivity index (χ3n) is 2.26. The van der Waals surface area contributed by atoms with Crippen LogP contribution in [0.25, 0.3) is 0 Å². The minimum atomic E-state index is 0.631. The molecule has 0 saturated carbocycles. The molecule has 1 aromatic carbocycles. The van der Waals surface area contributed by atoms with Gasteiger partial charge in [-0.05, 0) is 31.7 Å². The maximum atomic E-state index is 6.10. The zero-order valence-corrected chi connectivity index (χ0v) is 10.6. The number of nitrogens with two attached hydrogens (primary N) is 1. The van der Waals surface area contributed by atoms with Gasteiger partial charge in [-0.15, -0.1) is 0 Å². The van der Waals surface area contributed by atoms with Gasteiger partial charge < -0.3 is 15.4 Å². The quantitative estimate of drug-likeness (QED) is 0.831. The van der Waals surface area contributed by atoms with E-state index in [0.29, 0.717) is 18.2 Å². The Labute approximate surface area is 102 Å². The number of ether oxygens (including phenoxy) is 1. The molecular formula is C12H19ClN2O. The SMILES string of the molecule is CCOc1ccc(CN(C)CCN)cc1Cl. The Morgan fingerprint density at radius 3 is 2.75 bits per heavy atom. The molecule has 0 aromatic heterocycles. The van der Waals surface area contributed by atoms with Crippen molar-refractivity contribution in [3.05, 3.63) is 28.8 Å². The van der Waals surface area contributed by atoms with Gasteiger partial charge in [-0.25, -0.2) is 0 Å². The van der Waals surface area contributed by atoms with E-state index in [4.69, 9.17) is 22.1 Å². The summed E-state index contributed by atoms with van der Waals surface area (Å²) in [4.78, 5) is 2.16. The zero-order valence-electron chi connectivity index (χ0n) is 9.87. The van der Waals surface area contributed by atoms with Gasteiger partial charge in [-0.1, -0.05) is 17.7 Å². The Morgan fingerprint density at radius 2 is 2.19 bits per heavy atom. The molecule has 0 heterocycles. The molecule has 2 N–H and O–H groups in total. The smallest absolute Gasteiger partial charge is 0.137 e. The fourth-order valence-electron chi connectivity index (χ4n) is 1.53. The number of halogens is 1. The first-order chi connectivity index (χ1) is 7.67. The Balaban J connectivity index is 2.65. The molecule has 0 amide bonds. The maximum absolute atomic E-state index is 6.10. The van der Waals surface area contributed by atoms with Crippen molar-refractivity contribution in [2.75, 3.05) is 26.7 Å². The Morgan fingerprint density at radius 1 is 1.44 bits per heavy atom. The van der Waals surface area contributed by atoms with Gasteiger partial charge in [0.25, 0.3) is 0 Å². The van der Waals surface area contributed by atoms with Gasteiger partial charge >= 0.3 is 0 Å². The highest BCUT2D eigenvalue weighted by molar-refractivity contribution is 6.32. The van der Waals surface area contributed by atoms with E-state index in [0.717, 1.165) is 18.8 Å². The highest BCUT2D eigenvalue weighted by Crippen LogP contribution is 2.25. The molecule has 0 radical (unpaired) electrons. The van der Waals surface area contributed by atoms with Gasteiger partial charge in [0.15, 0.2) is 0 Å². The van der Waals surface area contributed by atoms with Gasteiger partial charge in [-0.2, -0.15) is 0 Å². The van der Waals surface area contributed by atoms with Gasteiger partial charge in [-0.3, -0.25) is 0 Å². The summed E-state index contributed by atoms with van der Waals surface area (Å²) in [6, 6.07) is 5.89. The van der Waals surface area contributed by atoms with Crippen LogP contribution in [0.1, 0.15) is 12.5 Å². The highest BCUT2D eigenvalue weighted by atomic mass is 35.5. The van der Waals surface area contributed by atoms with Crippen molar-refractivity contribution in [2.24, 2.45) is 5.73 Å². The molecule has 16 heavy (non-hydrogen) atoms. The monoisotopic (exact) mass is 242 g/mol. The van der Waals surface area contributed by atoms with Crippen LogP contribution in [0.15, 0.2) is 18.2 Å². The van der Waals surface area contributed by atoms with Crippen LogP contribution in [0.2, 0.25) is 5.02 Å². The summed E-state index contributed by atoms with van der Waals surface area (Å²) >= 11 is 6.10. The van der Waals surface area contributed by atoms with Gasteiger partial charge in [0.1, 0.15) is 5.75 Å². The van der Waals surface area contributed by atoms with Crippen LogP contribution in [0.3, 0.4) is 0 Å². The minimum absolute atomic E-state index is 0.631. The fourth-order valence-corrected chi connectivity index (χ4v) is 1.78. The first-order valence-corrected chi connectivity index (χ1v) is 5.85. The van der Waals surface area contributed by atoms with Gasteiger partial charge in [0.05, 0.1) is 11.6 Å². The first kappa shape index (κ1) is 13.3. The lowest BCUT2D eigenvalue weighted by molar-refractivity contribution is 0.332. The molecule has 4 heteroatoms. The number of likely N-dealkylation sites (N-methyl/N-ethyl adjacent to an activating group) is 1. The van der Waals surface area contributed by atoms with Crippen molar-refractivity contribution >= 4 is 11.6 Å². The van der Waals surface area contributed by atoms with E-state index in [9.17, 15) is 0 Å². The van der Waals surface area contributed by atoms with Crippen molar-refractivity contribution in [1.82, 2.24) is 4.90 Å². The van der Waals surface area contributed by atoms with Gasteiger partial charge in [0, 0.05) is 19.6 Å². The molecule has 0 atom stereocenters. The number of rotatable bonds is 6. The second kappa shape index (κ2) is 6.74. The van der Waals surface area contributed by atoms with E-state index in [1.807, 2.05) is 32.2 Å². The number of nitrogens with zero attached hydrogens (tertiary/aromatic N) is 1. The molecule has 0 fully saturated rings. The van der Waals surface area contributed by atoms with Crippen LogP contribution in [0, 0.1) is 0 Å². The largest absolute Gasteiger partial charge is 0.492 e. The zero-order chi connectivity index (χ0) is 12.0. The molecule has 1 rings (SSSR count). The van der Waals surface area contributed by atoms with Crippen LogP contribution < -0.4 is 10.5 Å². The summed E-state index contributed by atoms with van der Waals surface area (Å²) in [5.41, 5.74) is 6.66. The molecule has 0 aliphatic heterocycles. The second-order valence-corrected chi connectivity index (χ2v) is 4.13. The summed E-state index contributed by atoms with van der Waals surface area (Å²) in [6.45, 7) is 4.97. The Hall–Kier alpha value is -0.770. The molecule has 0 unspecified atom stereocenters. The molecule has 1 aromatic rings. The highest BCUT2D eigenvalue weighted by Gasteiger charge is 2.04.